The summed E-state index contributed by atoms with van der Waals surface area (Å²) in [5.74, 6) is 0. The zero-order valence-electron chi connectivity index (χ0n) is 11.6. The van der Waals surface area contributed by atoms with Crippen LogP contribution in [0.15, 0.2) is 6.20 Å². The maximum absolute atomic E-state index is 6.33. The summed E-state index contributed by atoms with van der Waals surface area (Å²) >= 11 is 0. The Morgan fingerprint density at radius 1 is 1.56 bits per heavy atom. The molecule has 0 aromatic carbocycles. The third-order valence-electron chi connectivity index (χ3n) is 3.73. The van der Waals surface area contributed by atoms with Gasteiger partial charge in [-0.15, -0.1) is 0 Å². The fraction of sp³-hybridized carbons (Fsp3) is 0.769. The second-order valence-corrected chi connectivity index (χ2v) is 5.12. The number of nitrogens with zero attached hydrogens (tertiary/aromatic N) is 3. The van der Waals surface area contributed by atoms with Gasteiger partial charge in [0, 0.05) is 38.5 Å². The predicted octanol–water partition coefficient (Wildman–Crippen LogP) is 0.839. The monoisotopic (exact) mass is 252 g/mol. The highest BCUT2D eigenvalue weighted by Crippen LogP contribution is 2.31. The Morgan fingerprint density at radius 3 is 2.94 bits per heavy atom. The third kappa shape index (κ3) is 2.74. The van der Waals surface area contributed by atoms with E-state index in [2.05, 4.69) is 23.1 Å². The van der Waals surface area contributed by atoms with Gasteiger partial charge in [0.15, 0.2) is 0 Å². The molecule has 0 amide bonds. The van der Waals surface area contributed by atoms with Gasteiger partial charge in [-0.3, -0.25) is 9.58 Å². The van der Waals surface area contributed by atoms with E-state index in [9.17, 15) is 0 Å². The van der Waals surface area contributed by atoms with Crippen molar-refractivity contribution in [3.8, 4) is 0 Å². The Labute approximate surface area is 109 Å². The van der Waals surface area contributed by atoms with Crippen molar-refractivity contribution in [3.63, 3.8) is 0 Å². The van der Waals surface area contributed by atoms with Gasteiger partial charge in [-0.25, -0.2) is 0 Å². The van der Waals surface area contributed by atoms with E-state index in [1.54, 1.807) is 7.11 Å². The number of likely N-dealkylation sites (tertiary alicyclic amines) is 1. The normalized spacial score (nSPS) is 25.6. The number of aryl methyl sites for hydroxylation is 2. The molecule has 2 rings (SSSR count). The summed E-state index contributed by atoms with van der Waals surface area (Å²) in [6.07, 6.45) is 4.36. The highest BCUT2D eigenvalue weighted by atomic mass is 16.5. The number of piperidine rings is 1. The molecular formula is C13H24N4O. The first-order valence-corrected chi connectivity index (χ1v) is 6.62. The van der Waals surface area contributed by atoms with Crippen LogP contribution < -0.4 is 5.73 Å². The largest absolute Gasteiger partial charge is 0.383 e. The first-order valence-electron chi connectivity index (χ1n) is 6.62. The first kappa shape index (κ1) is 13.5. The van der Waals surface area contributed by atoms with Crippen LogP contribution in [-0.2, 0) is 11.8 Å². The van der Waals surface area contributed by atoms with Gasteiger partial charge in [0.05, 0.1) is 18.3 Å². The van der Waals surface area contributed by atoms with Crippen molar-refractivity contribution in [2.75, 3.05) is 26.8 Å². The minimum Gasteiger partial charge on any atom is -0.383 e. The molecule has 2 N–H and O–H groups in total. The van der Waals surface area contributed by atoms with Crippen LogP contribution in [0.25, 0.3) is 0 Å². The maximum atomic E-state index is 6.33. The van der Waals surface area contributed by atoms with E-state index in [0.717, 1.165) is 31.8 Å². The molecule has 1 aliphatic rings. The molecule has 2 atom stereocenters. The summed E-state index contributed by atoms with van der Waals surface area (Å²) in [5.41, 5.74) is 8.68. The van der Waals surface area contributed by atoms with Gasteiger partial charge in [0.2, 0.25) is 0 Å². The molecule has 102 valence electrons. The molecule has 1 saturated heterocycles. The van der Waals surface area contributed by atoms with Crippen LogP contribution in [0, 0.1) is 6.92 Å². The number of hydrogen-bond donors (Lipinski definition) is 1. The molecule has 1 aromatic rings. The summed E-state index contributed by atoms with van der Waals surface area (Å²) in [5, 5.41) is 4.44. The van der Waals surface area contributed by atoms with Crippen molar-refractivity contribution in [1.29, 1.82) is 0 Å². The third-order valence-corrected chi connectivity index (χ3v) is 3.73. The van der Waals surface area contributed by atoms with Crippen LogP contribution >= 0.6 is 0 Å². The molecule has 1 aliphatic heterocycles. The summed E-state index contributed by atoms with van der Waals surface area (Å²) in [6, 6.07) is 0.473. The van der Waals surface area contributed by atoms with E-state index in [1.807, 2.05) is 11.7 Å². The van der Waals surface area contributed by atoms with Crippen molar-refractivity contribution in [3.05, 3.63) is 17.5 Å². The van der Waals surface area contributed by atoms with Gasteiger partial charge in [0.25, 0.3) is 0 Å². The second kappa shape index (κ2) is 5.82. The molecule has 1 aromatic heterocycles. The Kier molecular flexibility index (Phi) is 4.37. The summed E-state index contributed by atoms with van der Waals surface area (Å²) in [7, 11) is 3.71. The average Bonchev–Trinajstić information content (AvgIpc) is 2.65. The summed E-state index contributed by atoms with van der Waals surface area (Å²) < 4.78 is 7.07. The molecule has 2 unspecified atom stereocenters. The SMILES string of the molecule is COCCN1CCCC(N)C1c1cn(C)nc1C. The van der Waals surface area contributed by atoms with Crippen LogP contribution in [0.4, 0.5) is 0 Å². The van der Waals surface area contributed by atoms with E-state index in [1.165, 1.54) is 12.0 Å². The molecule has 0 aliphatic carbocycles. The van der Waals surface area contributed by atoms with Crippen LogP contribution in [0.2, 0.25) is 0 Å². The standard InChI is InChI=1S/C13H24N4O/c1-10-11(9-16(2)15-10)13-12(14)5-4-6-17(13)7-8-18-3/h9,12-13H,4-8,14H2,1-3H3. The Bertz CT molecular complexity index is 390. The molecule has 1 fully saturated rings. The molecule has 5 nitrogen and oxygen atoms in total. The van der Waals surface area contributed by atoms with Crippen molar-refractivity contribution in [1.82, 2.24) is 14.7 Å². The molecule has 0 spiro atoms. The van der Waals surface area contributed by atoms with E-state index >= 15 is 0 Å². The number of rotatable bonds is 4. The Morgan fingerprint density at radius 2 is 2.33 bits per heavy atom. The lowest BCUT2D eigenvalue weighted by Gasteiger charge is -2.39. The second-order valence-electron chi connectivity index (χ2n) is 5.12. The minimum absolute atomic E-state index is 0.193. The van der Waals surface area contributed by atoms with Gasteiger partial charge in [-0.05, 0) is 26.3 Å². The predicted molar refractivity (Wildman–Crippen MR) is 71.3 cm³/mol. The highest BCUT2D eigenvalue weighted by molar-refractivity contribution is 5.22. The lowest BCUT2D eigenvalue weighted by molar-refractivity contribution is 0.0845. The molecule has 0 radical (unpaired) electrons. The zero-order chi connectivity index (χ0) is 13.1. The minimum atomic E-state index is 0.193. The first-order chi connectivity index (χ1) is 8.63. The van der Waals surface area contributed by atoms with E-state index < -0.39 is 0 Å². The van der Waals surface area contributed by atoms with Crippen LogP contribution in [-0.4, -0.2) is 47.5 Å². The highest BCUT2D eigenvalue weighted by Gasteiger charge is 2.32. The number of hydrogen-bond acceptors (Lipinski definition) is 4. The fourth-order valence-corrected chi connectivity index (χ4v) is 2.89. The fourth-order valence-electron chi connectivity index (χ4n) is 2.89. The van der Waals surface area contributed by atoms with Crippen LogP contribution in [0.3, 0.4) is 0 Å². The average molecular weight is 252 g/mol. The molecule has 0 bridgehead atoms. The van der Waals surface area contributed by atoms with Gasteiger partial charge >= 0.3 is 0 Å². The molecular weight excluding hydrogens is 228 g/mol. The number of ether oxygens (including phenoxy) is 1. The Balaban J connectivity index is 2.21. The van der Waals surface area contributed by atoms with Crippen molar-refractivity contribution in [2.24, 2.45) is 12.8 Å². The lowest BCUT2D eigenvalue weighted by Crippen LogP contribution is -2.47. The number of aromatic nitrogens is 2. The molecule has 0 saturated carbocycles. The van der Waals surface area contributed by atoms with E-state index in [4.69, 9.17) is 10.5 Å². The summed E-state index contributed by atoms with van der Waals surface area (Å²) in [4.78, 5) is 2.43. The van der Waals surface area contributed by atoms with Gasteiger partial charge in [-0.1, -0.05) is 0 Å². The number of methoxy groups -OCH3 is 1. The zero-order valence-corrected chi connectivity index (χ0v) is 11.6. The topological polar surface area (TPSA) is 56.3 Å². The number of nitrogens with two attached hydrogens (primary N) is 1. The van der Waals surface area contributed by atoms with Crippen molar-refractivity contribution in [2.45, 2.75) is 31.8 Å². The molecule has 5 heteroatoms. The molecule has 2 heterocycles. The van der Waals surface area contributed by atoms with Gasteiger partial charge in [0.1, 0.15) is 0 Å². The van der Waals surface area contributed by atoms with E-state index in [0.29, 0.717) is 0 Å². The lowest BCUT2D eigenvalue weighted by atomic mass is 9.91. The van der Waals surface area contributed by atoms with Gasteiger partial charge < -0.3 is 10.5 Å². The van der Waals surface area contributed by atoms with E-state index in [-0.39, 0.29) is 12.1 Å². The van der Waals surface area contributed by atoms with Crippen molar-refractivity contribution < 1.29 is 4.74 Å². The smallest absolute Gasteiger partial charge is 0.0642 e. The Hall–Kier alpha value is -0.910. The summed E-state index contributed by atoms with van der Waals surface area (Å²) in [6.45, 7) is 4.84. The maximum Gasteiger partial charge on any atom is 0.0642 e. The van der Waals surface area contributed by atoms with Crippen LogP contribution in [0.1, 0.15) is 30.1 Å². The van der Waals surface area contributed by atoms with Gasteiger partial charge in [-0.2, -0.15) is 5.10 Å². The quantitative estimate of drug-likeness (QED) is 0.862. The van der Waals surface area contributed by atoms with Crippen LogP contribution in [0.5, 0.6) is 0 Å². The molecule has 18 heavy (non-hydrogen) atoms. The van der Waals surface area contributed by atoms with Crippen molar-refractivity contribution >= 4 is 0 Å².